The molecule has 1 saturated heterocycles. The van der Waals surface area contributed by atoms with Crippen molar-refractivity contribution >= 4 is 34.8 Å². The summed E-state index contributed by atoms with van der Waals surface area (Å²) in [7, 11) is 0. The van der Waals surface area contributed by atoms with Crippen molar-refractivity contribution in [2.45, 2.75) is 19.4 Å². The lowest BCUT2D eigenvalue weighted by Crippen LogP contribution is -2.36. The molecule has 0 atom stereocenters. The fraction of sp³-hybridized carbons (Fsp3) is 0.400. The van der Waals surface area contributed by atoms with Crippen LogP contribution in [0.4, 0.5) is 0 Å². The molecule has 0 amide bonds. The molecule has 0 aromatic heterocycles. The molecule has 1 aliphatic heterocycles. The zero-order valence-corrected chi connectivity index (χ0v) is 16.8. The molecule has 1 fully saturated rings. The summed E-state index contributed by atoms with van der Waals surface area (Å²) in [6.07, 6.45) is 1.95. The lowest BCUT2D eigenvalue weighted by Gasteiger charge is -2.26. The molecule has 26 heavy (non-hydrogen) atoms. The van der Waals surface area contributed by atoms with Crippen LogP contribution in [0.1, 0.15) is 17.5 Å². The first-order chi connectivity index (χ1) is 12.6. The van der Waals surface area contributed by atoms with Gasteiger partial charge in [0.2, 0.25) is 0 Å². The summed E-state index contributed by atoms with van der Waals surface area (Å²) in [5.74, 6) is 0.826. The normalized spacial score (nSPS) is 15.2. The molecule has 0 saturated carbocycles. The fourth-order valence-corrected chi connectivity index (χ4v) is 3.72. The number of benzene rings is 2. The summed E-state index contributed by atoms with van der Waals surface area (Å²) in [6.45, 7) is 5.03. The van der Waals surface area contributed by atoms with Gasteiger partial charge >= 0.3 is 0 Å². The molecule has 1 aliphatic rings. The number of hydrogen-bond acceptors (Lipinski definition) is 3. The lowest BCUT2D eigenvalue weighted by molar-refractivity contribution is 0.0374. The molecule has 2 aromatic rings. The Morgan fingerprint density at radius 2 is 1.73 bits per heavy atom. The van der Waals surface area contributed by atoms with Crippen LogP contribution in [-0.4, -0.2) is 37.7 Å². The molecular weight excluding hydrogens is 393 g/mol. The van der Waals surface area contributed by atoms with Crippen LogP contribution in [0.25, 0.3) is 0 Å². The molecule has 0 bridgehead atoms. The van der Waals surface area contributed by atoms with Crippen molar-refractivity contribution in [1.29, 1.82) is 0 Å². The van der Waals surface area contributed by atoms with Gasteiger partial charge in [-0.3, -0.25) is 4.90 Å². The molecule has 0 N–H and O–H groups in total. The first-order valence-corrected chi connectivity index (χ1v) is 9.91. The lowest BCUT2D eigenvalue weighted by atomic mass is 10.1. The van der Waals surface area contributed by atoms with E-state index in [1.54, 1.807) is 0 Å². The van der Waals surface area contributed by atoms with Gasteiger partial charge in [-0.1, -0.05) is 40.9 Å². The average molecular weight is 415 g/mol. The van der Waals surface area contributed by atoms with E-state index in [4.69, 9.17) is 44.3 Å². The van der Waals surface area contributed by atoms with E-state index in [9.17, 15) is 0 Å². The predicted molar refractivity (Wildman–Crippen MR) is 108 cm³/mol. The van der Waals surface area contributed by atoms with Crippen LogP contribution in [-0.2, 0) is 17.8 Å². The number of morpholine rings is 1. The second-order valence-corrected chi connectivity index (χ2v) is 7.55. The third-order valence-corrected chi connectivity index (χ3v) is 5.42. The molecule has 0 aliphatic carbocycles. The monoisotopic (exact) mass is 413 g/mol. The largest absolute Gasteiger partial charge is 0.489 e. The van der Waals surface area contributed by atoms with Gasteiger partial charge < -0.3 is 9.47 Å². The first kappa shape index (κ1) is 19.8. The number of hydrogen-bond donors (Lipinski definition) is 0. The van der Waals surface area contributed by atoms with Crippen molar-refractivity contribution in [3.63, 3.8) is 0 Å². The molecule has 3 rings (SSSR count). The van der Waals surface area contributed by atoms with Crippen LogP contribution in [0.3, 0.4) is 0 Å². The Balaban J connectivity index is 1.62. The van der Waals surface area contributed by atoms with E-state index in [1.165, 1.54) is 0 Å². The quantitative estimate of drug-likeness (QED) is 0.598. The maximum Gasteiger partial charge on any atom is 0.123 e. The van der Waals surface area contributed by atoms with Crippen molar-refractivity contribution in [3.8, 4) is 5.75 Å². The van der Waals surface area contributed by atoms with Gasteiger partial charge in [0, 0.05) is 33.7 Å². The summed E-state index contributed by atoms with van der Waals surface area (Å²) in [5.41, 5.74) is 1.90. The average Bonchev–Trinajstić information content (AvgIpc) is 2.64. The summed E-state index contributed by atoms with van der Waals surface area (Å²) in [4.78, 5) is 2.43. The predicted octanol–water partition coefficient (Wildman–Crippen LogP) is 5.49. The van der Waals surface area contributed by atoms with Crippen LogP contribution >= 0.6 is 34.8 Å². The number of rotatable bonds is 7. The topological polar surface area (TPSA) is 21.7 Å². The minimum atomic E-state index is 0.330. The maximum atomic E-state index is 6.23. The van der Waals surface area contributed by atoms with Gasteiger partial charge in [0.25, 0.3) is 0 Å². The van der Waals surface area contributed by atoms with Crippen molar-refractivity contribution in [1.82, 2.24) is 4.90 Å². The number of halogens is 3. The van der Waals surface area contributed by atoms with Gasteiger partial charge in [0.05, 0.1) is 13.2 Å². The smallest absolute Gasteiger partial charge is 0.123 e. The molecule has 1 heterocycles. The minimum Gasteiger partial charge on any atom is -0.489 e. The number of nitrogens with zero attached hydrogens (tertiary/aromatic N) is 1. The SMILES string of the molecule is Clc1ccc(OCc2c(Cl)cccc2Cl)c(CCCN2CCOCC2)c1. The molecule has 0 radical (unpaired) electrons. The van der Waals surface area contributed by atoms with Crippen molar-refractivity contribution in [2.24, 2.45) is 0 Å². The van der Waals surface area contributed by atoms with E-state index >= 15 is 0 Å². The summed E-state index contributed by atoms with van der Waals surface area (Å²) >= 11 is 18.6. The highest BCUT2D eigenvalue weighted by atomic mass is 35.5. The Morgan fingerprint density at radius 1 is 1.00 bits per heavy atom. The zero-order chi connectivity index (χ0) is 18.4. The van der Waals surface area contributed by atoms with Crippen LogP contribution < -0.4 is 4.74 Å². The third-order valence-electron chi connectivity index (χ3n) is 4.48. The molecule has 6 heteroatoms. The highest BCUT2D eigenvalue weighted by Gasteiger charge is 2.12. The highest BCUT2D eigenvalue weighted by Crippen LogP contribution is 2.29. The Labute approximate surface area is 169 Å². The second-order valence-electron chi connectivity index (χ2n) is 6.30. The van der Waals surface area contributed by atoms with Gasteiger partial charge in [0.15, 0.2) is 0 Å². The van der Waals surface area contributed by atoms with E-state index < -0.39 is 0 Å². The van der Waals surface area contributed by atoms with Crippen molar-refractivity contribution in [2.75, 3.05) is 32.8 Å². The van der Waals surface area contributed by atoms with Crippen LogP contribution in [0.2, 0.25) is 15.1 Å². The summed E-state index contributed by atoms with van der Waals surface area (Å²) < 4.78 is 11.4. The first-order valence-electron chi connectivity index (χ1n) is 8.77. The van der Waals surface area contributed by atoms with Gasteiger partial charge in [-0.25, -0.2) is 0 Å². The molecule has 0 unspecified atom stereocenters. The van der Waals surface area contributed by atoms with Crippen LogP contribution in [0, 0.1) is 0 Å². The molecule has 3 nitrogen and oxygen atoms in total. The maximum absolute atomic E-state index is 6.23. The molecule has 140 valence electrons. The van der Waals surface area contributed by atoms with E-state index in [0.29, 0.717) is 16.7 Å². The van der Waals surface area contributed by atoms with E-state index in [0.717, 1.165) is 67.6 Å². The highest BCUT2D eigenvalue weighted by molar-refractivity contribution is 6.36. The van der Waals surface area contributed by atoms with Crippen molar-refractivity contribution in [3.05, 3.63) is 62.6 Å². The van der Waals surface area contributed by atoms with Crippen LogP contribution in [0.5, 0.6) is 5.75 Å². The van der Waals surface area contributed by atoms with Crippen LogP contribution in [0.15, 0.2) is 36.4 Å². The van der Waals surface area contributed by atoms with E-state index in [-0.39, 0.29) is 0 Å². The molecule has 0 spiro atoms. The number of ether oxygens (including phenoxy) is 2. The van der Waals surface area contributed by atoms with E-state index in [2.05, 4.69) is 4.90 Å². The molecular formula is C20H22Cl3NO2. The fourth-order valence-electron chi connectivity index (χ4n) is 3.02. The van der Waals surface area contributed by atoms with Gasteiger partial charge in [-0.05, 0) is 55.3 Å². The van der Waals surface area contributed by atoms with Crippen molar-refractivity contribution < 1.29 is 9.47 Å². The second kappa shape index (κ2) is 9.82. The summed E-state index contributed by atoms with van der Waals surface area (Å²) in [5, 5.41) is 1.94. The van der Waals surface area contributed by atoms with Gasteiger partial charge in [-0.15, -0.1) is 0 Å². The van der Waals surface area contributed by atoms with Gasteiger partial charge in [-0.2, -0.15) is 0 Å². The Kier molecular flexibility index (Phi) is 7.47. The Bertz CT molecular complexity index is 713. The summed E-state index contributed by atoms with van der Waals surface area (Å²) in [6, 6.07) is 11.2. The van der Waals surface area contributed by atoms with E-state index in [1.807, 2.05) is 36.4 Å². The zero-order valence-electron chi connectivity index (χ0n) is 14.5. The third kappa shape index (κ3) is 5.51. The minimum absolute atomic E-state index is 0.330. The Hall–Kier alpha value is -0.970. The molecule has 2 aromatic carbocycles. The standard InChI is InChI=1S/C20H22Cl3NO2/c21-16-6-7-20(26-14-17-18(22)4-1-5-19(17)23)15(13-16)3-2-8-24-9-11-25-12-10-24/h1,4-7,13H,2-3,8-12,14H2. The number of aryl methyl sites for hydroxylation is 1. The Morgan fingerprint density at radius 3 is 2.46 bits per heavy atom. The van der Waals surface area contributed by atoms with Gasteiger partial charge in [0.1, 0.15) is 12.4 Å².